The Kier molecular flexibility index (Phi) is 4.08. The lowest BCUT2D eigenvalue weighted by molar-refractivity contribution is -0.114. The Morgan fingerprint density at radius 2 is 1.83 bits per heavy atom. The number of carbonyl (C=O) groups excluding carboxylic acids is 2. The zero-order valence-electron chi connectivity index (χ0n) is 13.3. The molecule has 3 rings (SSSR count). The first-order valence-electron chi connectivity index (χ1n) is 7.75. The summed E-state index contributed by atoms with van der Waals surface area (Å²) in [6, 6.07) is 14.7. The molecule has 0 fully saturated rings. The van der Waals surface area contributed by atoms with Gasteiger partial charge in [0.2, 0.25) is 0 Å². The van der Waals surface area contributed by atoms with Crippen molar-refractivity contribution in [2.45, 2.75) is 19.9 Å². The Hall–Kier alpha value is -3.08. The third kappa shape index (κ3) is 2.65. The van der Waals surface area contributed by atoms with Gasteiger partial charge in [-0.25, -0.2) is 0 Å². The second-order valence-corrected chi connectivity index (χ2v) is 5.64. The monoisotopic (exact) mass is 322 g/mol. The van der Waals surface area contributed by atoms with Crippen LogP contribution < -0.4 is 5.73 Å². The fraction of sp³-hybridized carbons (Fsp3) is 0.158. The third-order valence-corrected chi connectivity index (χ3v) is 4.12. The van der Waals surface area contributed by atoms with Gasteiger partial charge in [0, 0.05) is 23.1 Å². The average Bonchev–Trinajstić information content (AvgIpc) is 2.87. The number of amides is 1. The predicted molar refractivity (Wildman–Crippen MR) is 92.0 cm³/mol. The van der Waals surface area contributed by atoms with Gasteiger partial charge in [0.25, 0.3) is 11.7 Å². The summed E-state index contributed by atoms with van der Waals surface area (Å²) in [6.45, 7) is 2.49. The summed E-state index contributed by atoms with van der Waals surface area (Å²) in [6.07, 6.45) is 0.566. The number of hydrogen-bond acceptors (Lipinski definition) is 3. The number of nitrogens with two attached hydrogens (primary N) is 1. The van der Waals surface area contributed by atoms with Crippen molar-refractivity contribution in [2.75, 3.05) is 0 Å². The molecule has 0 aliphatic rings. The number of primary amides is 1. The van der Waals surface area contributed by atoms with E-state index in [9.17, 15) is 14.7 Å². The Balaban J connectivity index is 2.28. The van der Waals surface area contributed by atoms with Gasteiger partial charge in [-0.3, -0.25) is 9.59 Å². The summed E-state index contributed by atoms with van der Waals surface area (Å²) in [7, 11) is 0. The van der Waals surface area contributed by atoms with Crippen LogP contribution in [0.2, 0.25) is 0 Å². The molecule has 0 bridgehead atoms. The van der Waals surface area contributed by atoms with Crippen LogP contribution in [0.4, 0.5) is 0 Å². The Bertz CT molecular complexity index is 927. The van der Waals surface area contributed by atoms with Gasteiger partial charge in [0.15, 0.2) is 0 Å². The zero-order chi connectivity index (χ0) is 17.3. The lowest BCUT2D eigenvalue weighted by atomic mass is 10.0. The summed E-state index contributed by atoms with van der Waals surface area (Å²) in [4.78, 5) is 23.8. The molecule has 1 aromatic heterocycles. The van der Waals surface area contributed by atoms with Crippen LogP contribution in [-0.4, -0.2) is 21.4 Å². The molecule has 3 aromatic rings. The molecule has 0 aliphatic carbocycles. The predicted octanol–water partition coefficient (Wildman–Crippen LogP) is 2.63. The minimum absolute atomic E-state index is 0.0422. The van der Waals surface area contributed by atoms with Crippen LogP contribution in [-0.2, 0) is 17.8 Å². The van der Waals surface area contributed by atoms with E-state index in [1.165, 1.54) is 6.07 Å². The number of aromatic hydroxyl groups is 1. The fourth-order valence-corrected chi connectivity index (χ4v) is 3.09. The van der Waals surface area contributed by atoms with E-state index in [1.807, 2.05) is 41.8 Å². The molecule has 0 atom stereocenters. The van der Waals surface area contributed by atoms with E-state index in [0.29, 0.717) is 18.4 Å². The molecule has 122 valence electrons. The molecule has 3 N–H and O–H groups in total. The van der Waals surface area contributed by atoms with Gasteiger partial charge in [0.1, 0.15) is 5.75 Å². The summed E-state index contributed by atoms with van der Waals surface area (Å²) < 4.78 is 2.00. The topological polar surface area (TPSA) is 85.3 Å². The number of aromatic nitrogens is 1. The Morgan fingerprint density at radius 3 is 2.46 bits per heavy atom. The second-order valence-electron chi connectivity index (χ2n) is 5.64. The summed E-state index contributed by atoms with van der Waals surface area (Å²) in [5.41, 5.74) is 8.11. The maximum atomic E-state index is 12.3. The van der Waals surface area contributed by atoms with E-state index in [1.54, 1.807) is 12.1 Å². The number of hydrogen-bond donors (Lipinski definition) is 2. The molecular weight excluding hydrogens is 304 g/mol. The van der Waals surface area contributed by atoms with Crippen LogP contribution in [0, 0.1) is 0 Å². The van der Waals surface area contributed by atoms with E-state index >= 15 is 0 Å². The van der Waals surface area contributed by atoms with Gasteiger partial charge in [-0.05, 0) is 30.2 Å². The number of benzene rings is 2. The van der Waals surface area contributed by atoms with E-state index < -0.39 is 11.7 Å². The standard InChI is InChI=1S/C19H18N2O3/c1-2-15-17(18(23)19(20)24)14-10-13(22)8-9-16(14)21(15)11-12-6-4-3-5-7-12/h3-10,22H,2,11H2,1H3,(H2,20,24). The molecule has 1 heterocycles. The van der Waals surface area contributed by atoms with Crippen molar-refractivity contribution < 1.29 is 14.7 Å². The van der Waals surface area contributed by atoms with Gasteiger partial charge < -0.3 is 15.4 Å². The first-order chi connectivity index (χ1) is 11.5. The van der Waals surface area contributed by atoms with Crippen LogP contribution in [0.5, 0.6) is 5.75 Å². The maximum absolute atomic E-state index is 12.3. The number of phenols is 1. The number of rotatable bonds is 5. The van der Waals surface area contributed by atoms with Crippen molar-refractivity contribution in [3.05, 3.63) is 65.4 Å². The first-order valence-corrected chi connectivity index (χ1v) is 7.75. The molecular formula is C19H18N2O3. The number of carbonyl (C=O) groups is 2. The Morgan fingerprint density at radius 1 is 1.12 bits per heavy atom. The molecule has 0 unspecified atom stereocenters. The molecule has 24 heavy (non-hydrogen) atoms. The Labute approximate surface area is 139 Å². The van der Waals surface area contributed by atoms with E-state index in [4.69, 9.17) is 5.73 Å². The first kappa shape index (κ1) is 15.8. The van der Waals surface area contributed by atoms with E-state index in [-0.39, 0.29) is 11.3 Å². The summed E-state index contributed by atoms with van der Waals surface area (Å²) in [5.74, 6) is -1.68. The van der Waals surface area contributed by atoms with Gasteiger partial charge in [-0.1, -0.05) is 37.3 Å². The third-order valence-electron chi connectivity index (χ3n) is 4.12. The van der Waals surface area contributed by atoms with Crippen LogP contribution in [0.1, 0.15) is 28.5 Å². The summed E-state index contributed by atoms with van der Waals surface area (Å²) in [5, 5.41) is 10.3. The molecule has 0 saturated heterocycles. The van der Waals surface area contributed by atoms with Crippen LogP contribution >= 0.6 is 0 Å². The molecule has 5 nitrogen and oxygen atoms in total. The SMILES string of the molecule is CCc1c(C(=O)C(N)=O)c2cc(O)ccc2n1Cc1ccccc1. The molecule has 2 aromatic carbocycles. The van der Waals surface area contributed by atoms with Crippen LogP contribution in [0.3, 0.4) is 0 Å². The number of phenolic OH excluding ortho intramolecular Hbond substituents is 1. The van der Waals surface area contributed by atoms with Gasteiger partial charge in [-0.15, -0.1) is 0 Å². The van der Waals surface area contributed by atoms with Gasteiger partial charge >= 0.3 is 0 Å². The minimum Gasteiger partial charge on any atom is -0.508 e. The lowest BCUT2D eigenvalue weighted by Gasteiger charge is -2.10. The molecule has 0 aliphatic heterocycles. The highest BCUT2D eigenvalue weighted by molar-refractivity contribution is 6.45. The number of fused-ring (bicyclic) bond motifs is 1. The van der Waals surface area contributed by atoms with Crippen molar-refractivity contribution in [1.82, 2.24) is 4.57 Å². The molecule has 0 spiro atoms. The van der Waals surface area contributed by atoms with Crippen molar-refractivity contribution >= 4 is 22.6 Å². The molecule has 5 heteroatoms. The van der Waals surface area contributed by atoms with Crippen molar-refractivity contribution in [3.63, 3.8) is 0 Å². The number of ketones is 1. The second kappa shape index (κ2) is 6.20. The molecule has 0 radical (unpaired) electrons. The summed E-state index contributed by atoms with van der Waals surface area (Å²) >= 11 is 0. The van der Waals surface area contributed by atoms with Crippen molar-refractivity contribution in [2.24, 2.45) is 5.73 Å². The number of nitrogens with zero attached hydrogens (tertiary/aromatic N) is 1. The normalized spacial score (nSPS) is 10.9. The smallest absolute Gasteiger partial charge is 0.289 e. The van der Waals surface area contributed by atoms with Crippen LogP contribution in [0.15, 0.2) is 48.5 Å². The van der Waals surface area contributed by atoms with E-state index in [2.05, 4.69) is 0 Å². The largest absolute Gasteiger partial charge is 0.508 e. The highest BCUT2D eigenvalue weighted by atomic mass is 16.3. The molecule has 1 amide bonds. The average molecular weight is 322 g/mol. The van der Waals surface area contributed by atoms with Gasteiger partial charge in [-0.2, -0.15) is 0 Å². The highest BCUT2D eigenvalue weighted by Crippen LogP contribution is 2.31. The lowest BCUT2D eigenvalue weighted by Crippen LogP contribution is -2.24. The maximum Gasteiger partial charge on any atom is 0.289 e. The van der Waals surface area contributed by atoms with Crippen molar-refractivity contribution in [3.8, 4) is 5.75 Å². The fourth-order valence-electron chi connectivity index (χ4n) is 3.09. The zero-order valence-corrected chi connectivity index (χ0v) is 13.3. The number of Topliss-reactive ketones (excluding diaryl/α,β-unsaturated/α-hetero) is 1. The quantitative estimate of drug-likeness (QED) is 0.559. The van der Waals surface area contributed by atoms with Crippen LogP contribution in [0.25, 0.3) is 10.9 Å². The molecule has 0 saturated carbocycles. The highest BCUT2D eigenvalue weighted by Gasteiger charge is 2.25. The van der Waals surface area contributed by atoms with E-state index in [0.717, 1.165) is 16.8 Å². The van der Waals surface area contributed by atoms with Gasteiger partial charge in [0.05, 0.1) is 5.56 Å². The van der Waals surface area contributed by atoms with Crippen molar-refractivity contribution in [1.29, 1.82) is 0 Å². The minimum atomic E-state index is -0.994.